The monoisotopic (exact) mass is 615 g/mol. The number of hydrogen-bond donors (Lipinski definition) is 1. The van der Waals surface area contributed by atoms with Crippen molar-refractivity contribution in [3.05, 3.63) is 53.9 Å². The number of rotatable bonds is 3. The molecule has 0 amide bonds. The van der Waals surface area contributed by atoms with Crippen molar-refractivity contribution in [1.82, 2.24) is 0 Å². The van der Waals surface area contributed by atoms with Gasteiger partial charge in [-0.3, -0.25) is 0 Å². The van der Waals surface area contributed by atoms with Gasteiger partial charge in [0.1, 0.15) is 0 Å². The second-order valence-corrected chi connectivity index (χ2v) is 17.1. The van der Waals surface area contributed by atoms with Gasteiger partial charge in [0.25, 0.3) is 0 Å². The molecule has 0 radical (unpaired) electrons. The van der Waals surface area contributed by atoms with Gasteiger partial charge < -0.3 is 0 Å². The van der Waals surface area contributed by atoms with E-state index >= 15 is 0 Å². The van der Waals surface area contributed by atoms with Crippen molar-refractivity contribution >= 4 is 83.7 Å². The predicted molar refractivity (Wildman–Crippen MR) is 129 cm³/mol. The Morgan fingerprint density at radius 3 is 2.70 bits per heavy atom. The number of fused-ring (bicyclic) bond motifs is 2. The third-order valence-electron chi connectivity index (χ3n) is 5.28. The van der Waals surface area contributed by atoms with Crippen LogP contribution in [0.4, 0.5) is 5.69 Å². The Balaban J connectivity index is 2.14. The Morgan fingerprint density at radius 1 is 1.26 bits per heavy atom. The molecule has 1 atom stereocenters. The van der Waals surface area contributed by atoms with Crippen molar-refractivity contribution in [2.75, 3.05) is 0 Å². The van der Waals surface area contributed by atoms with E-state index in [2.05, 4.69) is 76.8 Å². The molecule has 0 aliphatic carbocycles. The van der Waals surface area contributed by atoms with Gasteiger partial charge in [0, 0.05) is 0 Å². The molecule has 0 fully saturated rings. The molecule has 2 aromatic carbocycles. The second kappa shape index (κ2) is 7.30. The number of halogens is 2. The van der Waals surface area contributed by atoms with Crippen molar-refractivity contribution in [1.29, 1.82) is 0 Å². The Kier molecular flexibility index (Phi) is 5.31. The van der Waals surface area contributed by atoms with E-state index in [9.17, 15) is 5.11 Å². The average molecular weight is 615 g/mol. The summed E-state index contributed by atoms with van der Waals surface area (Å²) in [6.45, 7) is 9.07. The van der Waals surface area contributed by atoms with E-state index in [4.69, 9.17) is 4.99 Å². The number of hydrogen-bond acceptors (Lipinski definition) is 2. The van der Waals surface area contributed by atoms with Crippen LogP contribution in [0.15, 0.2) is 45.9 Å². The van der Waals surface area contributed by atoms with E-state index in [1.807, 2.05) is 12.1 Å². The van der Waals surface area contributed by atoms with Gasteiger partial charge in [0.2, 0.25) is 0 Å². The minimum absolute atomic E-state index is 0.293. The van der Waals surface area contributed by atoms with Crippen molar-refractivity contribution < 1.29 is 5.11 Å². The Hall–Kier alpha value is -0.664. The van der Waals surface area contributed by atoms with E-state index < -0.39 is 8.07 Å². The Labute approximate surface area is 188 Å². The number of aromatic hydroxyl groups is 1. The molecule has 138 valence electrons. The summed E-state index contributed by atoms with van der Waals surface area (Å²) in [4.78, 5) is 4.99. The molecule has 1 N–H and O–H groups in total. The molecule has 1 aromatic heterocycles. The molecule has 0 saturated carbocycles. The van der Waals surface area contributed by atoms with Crippen LogP contribution in [0.2, 0.25) is 12.6 Å². The van der Waals surface area contributed by atoms with Crippen LogP contribution < -0.4 is 20.9 Å². The molecule has 1 unspecified atom stereocenters. The van der Waals surface area contributed by atoms with E-state index in [-0.39, 0.29) is 0 Å². The molecular weight excluding hydrogens is 596 g/mol. The van der Waals surface area contributed by atoms with Gasteiger partial charge in [0.05, 0.1) is 0 Å². The fraction of sp³-hybridized carbons (Fsp3) is 0.190. The van der Waals surface area contributed by atoms with E-state index in [1.165, 1.54) is 27.3 Å². The zero-order valence-corrected chi connectivity index (χ0v) is 21.6. The van der Waals surface area contributed by atoms with Gasteiger partial charge in [-0.2, -0.15) is 0 Å². The van der Waals surface area contributed by atoms with Crippen LogP contribution in [0.5, 0.6) is 5.75 Å². The van der Waals surface area contributed by atoms with E-state index in [0.29, 0.717) is 20.3 Å². The first-order valence-corrected chi connectivity index (χ1v) is 15.1. The first kappa shape index (κ1) is 19.6. The molecule has 1 aliphatic heterocycles. The first-order chi connectivity index (χ1) is 12.8. The molecule has 4 rings (SSSR count). The van der Waals surface area contributed by atoms with Crippen LogP contribution >= 0.6 is 38.5 Å². The second-order valence-electron chi connectivity index (χ2n) is 7.12. The van der Waals surface area contributed by atoms with Gasteiger partial charge >= 0.3 is 189 Å². The summed E-state index contributed by atoms with van der Waals surface area (Å²) in [6, 6.07) is 13.3. The Morgan fingerprint density at radius 2 is 2.04 bits per heavy atom. The van der Waals surface area contributed by atoms with Crippen LogP contribution in [-0.4, -0.2) is 27.7 Å². The third kappa shape index (κ3) is 3.23. The van der Waals surface area contributed by atoms with Gasteiger partial charge in [-0.25, -0.2) is 0 Å². The summed E-state index contributed by atoms with van der Waals surface area (Å²) in [5.74, 6) is 0.331. The van der Waals surface area contributed by atoms with Gasteiger partial charge in [-0.1, -0.05) is 0 Å². The molecule has 2 heterocycles. The molecule has 0 bridgehead atoms. The minimum atomic E-state index is -2.06. The fourth-order valence-electron chi connectivity index (χ4n) is 4.13. The van der Waals surface area contributed by atoms with Gasteiger partial charge in [-0.05, 0) is 0 Å². The van der Waals surface area contributed by atoms with Gasteiger partial charge in [-0.15, -0.1) is 0 Å². The molecule has 3 aromatic rings. The van der Waals surface area contributed by atoms with Crippen molar-refractivity contribution in [2.45, 2.75) is 25.9 Å². The maximum atomic E-state index is 10.2. The maximum absolute atomic E-state index is 10.2. The van der Waals surface area contributed by atoms with Crippen molar-refractivity contribution in [2.24, 2.45) is 4.99 Å². The van der Waals surface area contributed by atoms with Crippen molar-refractivity contribution in [3.8, 4) is 15.8 Å². The number of nitrogens with zero attached hydrogens (tertiary/aromatic N) is 1. The van der Waals surface area contributed by atoms with Crippen LogP contribution in [0.25, 0.3) is 16.6 Å². The number of benzene rings is 2. The number of phenols is 1. The van der Waals surface area contributed by atoms with Crippen LogP contribution in [0.3, 0.4) is 0 Å². The molecule has 0 spiro atoms. The summed E-state index contributed by atoms with van der Waals surface area (Å²) in [5, 5.41) is 15.0. The summed E-state index contributed by atoms with van der Waals surface area (Å²) in [5.41, 5.74) is 2.32. The van der Waals surface area contributed by atoms with E-state index in [0.717, 1.165) is 28.7 Å². The average Bonchev–Trinajstić information content (AvgIpc) is 2.95. The zero-order chi connectivity index (χ0) is 19.3. The fourth-order valence-corrected chi connectivity index (χ4v) is 13.0. The predicted octanol–water partition coefficient (Wildman–Crippen LogP) is 3.76. The Bertz CT molecular complexity index is 1160. The standard InChI is InChI=1S/C21H19BrINOSeSi/c1-4-9-27(3)18-10-13(25)6-8-15(18)24-16-7-5-12(2)19(20(16)27)17-11-14(22)21(23)26-17/h5-8,10-11,25H,2,4,9H2,1,3H3. The third-order valence-corrected chi connectivity index (χ3v) is 15.6. The number of phenolic OH excluding ortho intramolecular Hbond substituents is 1. The quantitative estimate of drug-likeness (QED) is 0.354. The van der Waals surface area contributed by atoms with Crippen LogP contribution in [0.1, 0.15) is 13.3 Å². The molecule has 1 aliphatic rings. The topological polar surface area (TPSA) is 32.6 Å². The molecular formula is C21H19BrINOSeSi. The molecule has 0 saturated heterocycles. The molecule has 2 nitrogen and oxygen atoms in total. The summed E-state index contributed by atoms with van der Waals surface area (Å²) in [6.07, 6.45) is 1.11. The normalized spacial score (nSPS) is 17.9. The van der Waals surface area contributed by atoms with Crippen LogP contribution in [-0.2, 0) is 0 Å². The summed E-state index contributed by atoms with van der Waals surface area (Å²) < 4.78 is 3.96. The molecule has 27 heavy (non-hydrogen) atoms. The van der Waals surface area contributed by atoms with Crippen LogP contribution in [0, 0.1) is 2.44 Å². The summed E-state index contributed by atoms with van der Waals surface area (Å²) in [7, 11) is -2.06. The molecule has 6 heteroatoms. The van der Waals surface area contributed by atoms with E-state index in [1.54, 1.807) is 6.07 Å². The summed E-state index contributed by atoms with van der Waals surface area (Å²) >= 11 is 6.44. The van der Waals surface area contributed by atoms with Crippen molar-refractivity contribution in [3.63, 3.8) is 0 Å². The SMILES string of the molecule is C=c1ccc2c(c1-c1cc(Br)c(I)[se]1)[Si](C)(CCC)c1cc(O)ccc1N=2. The first-order valence-electron chi connectivity index (χ1n) is 8.85. The van der Waals surface area contributed by atoms with Gasteiger partial charge in [0.15, 0.2) is 0 Å². The zero-order valence-electron chi connectivity index (χ0n) is 15.1.